The van der Waals surface area contributed by atoms with Crippen LogP contribution in [-0.4, -0.2) is 65.8 Å². The summed E-state index contributed by atoms with van der Waals surface area (Å²) >= 11 is 0. The third-order valence-corrected chi connectivity index (χ3v) is 7.54. The number of carbonyl (C=O) groups excluding carboxylic acids is 1. The fourth-order valence-electron chi connectivity index (χ4n) is 5.64. The lowest BCUT2D eigenvalue weighted by molar-refractivity contribution is 0.0981. The number of nitrogens with zero attached hydrogens (tertiary/aromatic N) is 4. The van der Waals surface area contributed by atoms with Crippen LogP contribution >= 0.6 is 0 Å². The topological polar surface area (TPSA) is 82.6 Å². The Morgan fingerprint density at radius 1 is 1.11 bits per heavy atom. The number of aromatic nitrogens is 2. The van der Waals surface area contributed by atoms with Crippen molar-refractivity contribution in [1.29, 1.82) is 0 Å². The van der Waals surface area contributed by atoms with E-state index in [9.17, 15) is 4.79 Å². The molecule has 0 radical (unpaired) electrons. The number of rotatable bonds is 5. The monoisotopic (exact) mass is 478 g/mol. The molecule has 188 valence electrons. The number of fused-ring (bicyclic) bond motifs is 1. The van der Waals surface area contributed by atoms with Gasteiger partial charge in [-0.1, -0.05) is 19.3 Å². The van der Waals surface area contributed by atoms with E-state index in [0.29, 0.717) is 12.6 Å². The fraction of sp³-hybridized carbons (Fsp3) is 0.593. The van der Waals surface area contributed by atoms with Crippen LogP contribution in [-0.2, 0) is 17.7 Å². The Morgan fingerprint density at radius 3 is 2.66 bits per heavy atom. The van der Waals surface area contributed by atoms with E-state index in [1.165, 1.54) is 43.4 Å². The molecule has 2 N–H and O–H groups in total. The van der Waals surface area contributed by atoms with Crippen LogP contribution in [0.4, 0.5) is 16.3 Å². The van der Waals surface area contributed by atoms with Gasteiger partial charge in [-0.25, -0.2) is 14.8 Å². The van der Waals surface area contributed by atoms with Gasteiger partial charge in [0.1, 0.15) is 5.82 Å². The maximum absolute atomic E-state index is 11.9. The predicted molar refractivity (Wildman–Crippen MR) is 139 cm³/mol. The van der Waals surface area contributed by atoms with Crippen LogP contribution in [0.1, 0.15) is 57.2 Å². The molecule has 1 atom stereocenters. The summed E-state index contributed by atoms with van der Waals surface area (Å²) in [6.45, 7) is 9.00. The molecule has 1 saturated heterocycles. The van der Waals surface area contributed by atoms with E-state index in [2.05, 4.69) is 27.4 Å². The van der Waals surface area contributed by atoms with Crippen LogP contribution in [0.2, 0.25) is 0 Å². The van der Waals surface area contributed by atoms with Crippen LogP contribution < -0.4 is 15.5 Å². The highest BCUT2D eigenvalue weighted by molar-refractivity contribution is 5.89. The predicted octanol–water partition coefficient (Wildman–Crippen LogP) is 4.20. The summed E-state index contributed by atoms with van der Waals surface area (Å²) < 4.78 is 5.72. The standard InChI is InChI=1S/C27H38N6O2/c1-3-28-27(34)29-21-11-9-20(10-12-21)25-30-24-17-32(22-7-5-4-6-8-22)14-13-23(24)26(31-25)33-15-16-35-18-19(33)2/h9-12,19,22H,3-8,13-18H2,1-2H3,(H2,28,29,34)/t19-/m0/s1. The van der Waals surface area contributed by atoms with E-state index in [-0.39, 0.29) is 12.1 Å². The number of hydrogen-bond acceptors (Lipinski definition) is 6. The molecule has 1 aromatic carbocycles. The molecule has 1 aliphatic carbocycles. The maximum atomic E-state index is 11.9. The van der Waals surface area contributed by atoms with Crippen LogP contribution in [0.3, 0.4) is 0 Å². The second-order valence-electron chi connectivity index (χ2n) is 9.99. The lowest BCUT2D eigenvalue weighted by Crippen LogP contribution is -2.46. The Balaban J connectivity index is 1.46. The van der Waals surface area contributed by atoms with E-state index in [0.717, 1.165) is 62.2 Å². The zero-order chi connectivity index (χ0) is 24.2. The second kappa shape index (κ2) is 10.9. The highest BCUT2D eigenvalue weighted by Crippen LogP contribution is 2.34. The number of urea groups is 1. The molecule has 1 saturated carbocycles. The van der Waals surface area contributed by atoms with Crippen molar-refractivity contribution in [1.82, 2.24) is 20.2 Å². The molecule has 0 bridgehead atoms. The first kappa shape index (κ1) is 24.0. The van der Waals surface area contributed by atoms with Gasteiger partial charge in [0.2, 0.25) is 0 Å². The quantitative estimate of drug-likeness (QED) is 0.670. The van der Waals surface area contributed by atoms with Gasteiger partial charge in [-0.2, -0.15) is 0 Å². The molecule has 8 nitrogen and oxygen atoms in total. The van der Waals surface area contributed by atoms with E-state index >= 15 is 0 Å². The molecule has 0 spiro atoms. The van der Waals surface area contributed by atoms with Gasteiger partial charge in [-0.3, -0.25) is 4.90 Å². The summed E-state index contributed by atoms with van der Waals surface area (Å²) in [5, 5.41) is 5.62. The second-order valence-corrected chi connectivity index (χ2v) is 9.99. The minimum Gasteiger partial charge on any atom is -0.377 e. The van der Waals surface area contributed by atoms with Crippen molar-refractivity contribution in [3.63, 3.8) is 0 Å². The van der Waals surface area contributed by atoms with Crippen molar-refractivity contribution in [2.24, 2.45) is 0 Å². The Kier molecular flexibility index (Phi) is 7.48. The van der Waals surface area contributed by atoms with Crippen molar-refractivity contribution in [2.75, 3.05) is 43.1 Å². The van der Waals surface area contributed by atoms with Crippen LogP contribution in [0.25, 0.3) is 11.4 Å². The van der Waals surface area contributed by atoms with Crippen molar-refractivity contribution < 1.29 is 9.53 Å². The number of morpholine rings is 1. The van der Waals surface area contributed by atoms with Gasteiger partial charge in [0, 0.05) is 49.0 Å². The van der Waals surface area contributed by atoms with Gasteiger partial charge < -0.3 is 20.3 Å². The molecular formula is C27H38N6O2. The molecule has 3 heterocycles. The molecule has 2 fully saturated rings. The summed E-state index contributed by atoms with van der Waals surface area (Å²) in [7, 11) is 0. The minimum absolute atomic E-state index is 0.198. The van der Waals surface area contributed by atoms with Gasteiger partial charge in [-0.05, 0) is 57.4 Å². The summed E-state index contributed by atoms with van der Waals surface area (Å²) in [6.07, 6.45) is 7.67. The van der Waals surface area contributed by atoms with Crippen molar-refractivity contribution in [2.45, 2.75) is 71.0 Å². The Bertz CT molecular complexity index is 1020. The SMILES string of the molecule is CCNC(=O)Nc1ccc(-c2nc3c(c(N4CCOC[C@@H]4C)n2)CCN(C2CCCCC2)C3)cc1. The highest BCUT2D eigenvalue weighted by Gasteiger charge is 2.31. The van der Waals surface area contributed by atoms with Crippen LogP contribution in [0.5, 0.6) is 0 Å². The number of carbonyl (C=O) groups is 1. The van der Waals surface area contributed by atoms with Crippen molar-refractivity contribution in [3.05, 3.63) is 35.5 Å². The zero-order valence-corrected chi connectivity index (χ0v) is 21.1. The van der Waals surface area contributed by atoms with E-state index < -0.39 is 0 Å². The average Bonchev–Trinajstić information content (AvgIpc) is 2.89. The summed E-state index contributed by atoms with van der Waals surface area (Å²) in [5.74, 6) is 1.83. The smallest absolute Gasteiger partial charge is 0.319 e. The number of ether oxygens (including phenoxy) is 1. The van der Waals surface area contributed by atoms with E-state index in [1.807, 2.05) is 31.2 Å². The Hall–Kier alpha value is -2.71. The molecule has 3 aliphatic rings. The Labute approximate surface area is 208 Å². The van der Waals surface area contributed by atoms with Gasteiger partial charge in [0.15, 0.2) is 5.82 Å². The average molecular weight is 479 g/mol. The molecule has 0 unspecified atom stereocenters. The molecule has 35 heavy (non-hydrogen) atoms. The van der Waals surface area contributed by atoms with Gasteiger partial charge in [0.05, 0.1) is 24.9 Å². The number of amides is 2. The van der Waals surface area contributed by atoms with Gasteiger partial charge >= 0.3 is 6.03 Å². The highest BCUT2D eigenvalue weighted by atomic mass is 16.5. The third-order valence-electron chi connectivity index (χ3n) is 7.54. The van der Waals surface area contributed by atoms with Crippen molar-refractivity contribution in [3.8, 4) is 11.4 Å². The van der Waals surface area contributed by atoms with Crippen LogP contribution in [0.15, 0.2) is 24.3 Å². The number of anilines is 2. The number of hydrogen-bond donors (Lipinski definition) is 2. The van der Waals surface area contributed by atoms with E-state index in [1.54, 1.807) is 0 Å². The van der Waals surface area contributed by atoms with Gasteiger partial charge in [0.25, 0.3) is 0 Å². The molecule has 8 heteroatoms. The first-order valence-corrected chi connectivity index (χ1v) is 13.3. The lowest BCUT2D eigenvalue weighted by Gasteiger charge is -2.40. The Morgan fingerprint density at radius 2 is 1.91 bits per heavy atom. The lowest BCUT2D eigenvalue weighted by atomic mass is 9.92. The summed E-state index contributed by atoms with van der Waals surface area (Å²) in [6, 6.07) is 8.60. The van der Waals surface area contributed by atoms with Crippen LogP contribution in [0, 0.1) is 0 Å². The van der Waals surface area contributed by atoms with Crippen molar-refractivity contribution >= 4 is 17.5 Å². The fourth-order valence-corrected chi connectivity index (χ4v) is 5.64. The first-order valence-electron chi connectivity index (χ1n) is 13.3. The number of benzene rings is 1. The summed E-state index contributed by atoms with van der Waals surface area (Å²) in [4.78, 5) is 27.2. The summed E-state index contributed by atoms with van der Waals surface area (Å²) in [5.41, 5.74) is 4.20. The number of nitrogens with one attached hydrogen (secondary N) is 2. The third kappa shape index (κ3) is 5.43. The molecule has 1 aromatic heterocycles. The first-order chi connectivity index (χ1) is 17.1. The molecule has 2 aromatic rings. The normalized spacial score (nSPS) is 21.4. The minimum atomic E-state index is -0.198. The molecule has 2 amide bonds. The zero-order valence-electron chi connectivity index (χ0n) is 21.1. The molecule has 2 aliphatic heterocycles. The maximum Gasteiger partial charge on any atom is 0.319 e. The van der Waals surface area contributed by atoms with E-state index in [4.69, 9.17) is 14.7 Å². The molecule has 5 rings (SSSR count). The molecular weight excluding hydrogens is 440 g/mol. The van der Waals surface area contributed by atoms with Gasteiger partial charge in [-0.15, -0.1) is 0 Å². The largest absolute Gasteiger partial charge is 0.377 e.